The van der Waals surface area contributed by atoms with Gasteiger partial charge in [0.05, 0.1) is 17.7 Å². The first-order chi connectivity index (χ1) is 20.4. The Bertz CT molecular complexity index is 1560. The van der Waals surface area contributed by atoms with Gasteiger partial charge in [0.15, 0.2) is 11.5 Å². The van der Waals surface area contributed by atoms with Crippen LogP contribution >= 0.6 is 11.6 Å². The molecule has 218 valence electrons. The second-order valence-electron chi connectivity index (χ2n) is 10.9. The second kappa shape index (κ2) is 11.9. The number of nitrogens with one attached hydrogen (secondary N) is 2. The minimum atomic E-state index is -0.257. The molecule has 2 atom stereocenters. The molecule has 4 heterocycles. The van der Waals surface area contributed by atoms with Gasteiger partial charge in [-0.3, -0.25) is 9.59 Å². The lowest BCUT2D eigenvalue weighted by Gasteiger charge is -2.36. The van der Waals surface area contributed by atoms with Crippen LogP contribution in [0.3, 0.4) is 0 Å². The van der Waals surface area contributed by atoms with Gasteiger partial charge in [-0.2, -0.15) is 0 Å². The molecule has 0 radical (unpaired) electrons. The molecule has 42 heavy (non-hydrogen) atoms. The third-order valence-corrected chi connectivity index (χ3v) is 8.40. The third-order valence-electron chi connectivity index (χ3n) is 8.11. The number of carbonyl (C=O) groups excluding carboxylic acids is 2. The van der Waals surface area contributed by atoms with E-state index in [0.717, 1.165) is 48.1 Å². The zero-order chi connectivity index (χ0) is 29.2. The van der Waals surface area contributed by atoms with Crippen LogP contribution in [-0.2, 0) is 17.9 Å². The number of aromatic nitrogens is 1. The molecule has 1 saturated heterocycles. The molecule has 0 unspecified atom stereocenters. The second-order valence-corrected chi connectivity index (χ2v) is 11.3. The average molecular weight is 589 g/mol. The topological polar surface area (TPSA) is 102 Å². The van der Waals surface area contributed by atoms with E-state index >= 15 is 0 Å². The zero-order valence-corrected chi connectivity index (χ0v) is 24.4. The molecule has 4 aliphatic rings. The van der Waals surface area contributed by atoms with E-state index in [1.807, 2.05) is 41.4 Å². The molecule has 2 aromatic carbocycles. The van der Waals surface area contributed by atoms with Gasteiger partial charge in [-0.05, 0) is 77.8 Å². The highest BCUT2D eigenvalue weighted by Gasteiger charge is 2.33. The minimum absolute atomic E-state index is 0.110. The number of hydrogen-bond donors (Lipinski definition) is 2. The van der Waals surface area contributed by atoms with Crippen LogP contribution in [-0.4, -0.2) is 48.2 Å². The maximum Gasteiger partial charge on any atom is 0.255 e. The van der Waals surface area contributed by atoms with Crippen molar-refractivity contribution in [3.05, 3.63) is 82.0 Å². The number of carbonyl (C=O) groups is 2. The third kappa shape index (κ3) is 5.87. The van der Waals surface area contributed by atoms with Gasteiger partial charge in [0.1, 0.15) is 11.6 Å². The Balaban J connectivity index is 1.25. The first kappa shape index (κ1) is 27.9. The molecule has 1 aromatic heterocycles. The Hall–Kier alpha value is -4.24. The number of ether oxygens (including phenoxy) is 3. The molecule has 1 fully saturated rings. The molecule has 10 heteroatoms. The van der Waals surface area contributed by atoms with Gasteiger partial charge in [-0.25, -0.2) is 4.98 Å². The number of amides is 2. The van der Waals surface area contributed by atoms with E-state index in [4.69, 9.17) is 30.8 Å². The van der Waals surface area contributed by atoms with E-state index in [2.05, 4.69) is 16.7 Å². The van der Waals surface area contributed by atoms with Gasteiger partial charge in [0, 0.05) is 38.8 Å². The van der Waals surface area contributed by atoms with Crippen LogP contribution in [0.15, 0.2) is 54.7 Å². The van der Waals surface area contributed by atoms with Crippen molar-refractivity contribution in [3.63, 3.8) is 0 Å². The quantitative estimate of drug-likeness (QED) is 0.362. The summed E-state index contributed by atoms with van der Waals surface area (Å²) in [6.07, 6.45) is 6.85. The fourth-order valence-electron chi connectivity index (χ4n) is 5.90. The summed E-state index contributed by atoms with van der Waals surface area (Å²) in [5.74, 6) is 2.61. The highest BCUT2D eigenvalue weighted by molar-refractivity contribution is 6.32. The molecule has 7 rings (SSSR count). The molecule has 2 N–H and O–H groups in total. The Morgan fingerprint density at radius 1 is 1.07 bits per heavy atom. The molecular formula is C32H33ClN4O5. The molecule has 0 saturated carbocycles. The van der Waals surface area contributed by atoms with Gasteiger partial charge >= 0.3 is 0 Å². The zero-order valence-electron chi connectivity index (χ0n) is 23.6. The minimum Gasteiger partial charge on any atom is -0.495 e. The molecule has 0 spiro atoms. The standard InChI is InChI=1S/C32H33ClN4O5/c1-19(38)37-17-22-3-6-25(37)12-23(9-22)24-13-26(32(39)36-15-20-4-7-28(40-2)27(33)10-20)31(35-16-24)34-14-21-5-8-29-30(11-21)42-18-41-29/h4-5,7-11,13,16,22,25H,3,6,12,14-15,17-18H2,1-2H3,(H,34,35)(H,36,39)/t22-,25+/m0/s1. The summed E-state index contributed by atoms with van der Waals surface area (Å²) in [7, 11) is 1.56. The number of methoxy groups -OCH3 is 1. The fourth-order valence-corrected chi connectivity index (χ4v) is 6.18. The number of halogens is 1. The molecule has 9 nitrogen and oxygen atoms in total. The molecule has 2 amide bonds. The number of fused-ring (bicyclic) bond motifs is 4. The van der Waals surface area contributed by atoms with Crippen LogP contribution < -0.4 is 24.8 Å². The SMILES string of the molecule is COc1ccc(CNC(=O)c2cc(C3=C[C@@H]4CC[C@H](C3)N(C(C)=O)C4)cnc2NCc2ccc3c(c2)OCO3)cc1Cl. The summed E-state index contributed by atoms with van der Waals surface area (Å²) in [6.45, 7) is 3.32. The highest BCUT2D eigenvalue weighted by atomic mass is 35.5. The van der Waals surface area contributed by atoms with Gasteiger partial charge < -0.3 is 29.7 Å². The smallest absolute Gasteiger partial charge is 0.255 e. The number of anilines is 1. The monoisotopic (exact) mass is 588 g/mol. The van der Waals surface area contributed by atoms with Gasteiger partial charge in [-0.15, -0.1) is 0 Å². The van der Waals surface area contributed by atoms with Crippen LogP contribution in [0.25, 0.3) is 5.57 Å². The summed E-state index contributed by atoms with van der Waals surface area (Å²) in [5, 5.41) is 6.84. The number of rotatable bonds is 8. The number of hydrogen-bond acceptors (Lipinski definition) is 7. The number of piperidine rings is 1. The van der Waals surface area contributed by atoms with Crippen molar-refractivity contribution in [2.75, 3.05) is 25.8 Å². The Morgan fingerprint density at radius 2 is 1.88 bits per heavy atom. The lowest BCUT2D eigenvalue weighted by molar-refractivity contribution is -0.132. The van der Waals surface area contributed by atoms with E-state index in [1.54, 1.807) is 26.2 Å². The Labute approximate surface area is 249 Å². The number of nitrogens with zero attached hydrogens (tertiary/aromatic N) is 2. The maximum atomic E-state index is 13.6. The summed E-state index contributed by atoms with van der Waals surface area (Å²) >= 11 is 6.30. The van der Waals surface area contributed by atoms with E-state index < -0.39 is 0 Å². The van der Waals surface area contributed by atoms with Crippen molar-refractivity contribution in [3.8, 4) is 17.2 Å². The van der Waals surface area contributed by atoms with Crippen LogP contribution in [0.1, 0.15) is 53.2 Å². The van der Waals surface area contributed by atoms with Gasteiger partial charge in [0.25, 0.3) is 5.91 Å². The van der Waals surface area contributed by atoms with Gasteiger partial charge in [-0.1, -0.05) is 29.8 Å². The molecular weight excluding hydrogens is 556 g/mol. The van der Waals surface area contributed by atoms with Crippen molar-refractivity contribution in [2.45, 2.75) is 45.3 Å². The average Bonchev–Trinajstić information content (AvgIpc) is 3.27. The fraction of sp³-hybridized carbons (Fsp3) is 0.344. The van der Waals surface area contributed by atoms with Crippen molar-refractivity contribution in [1.29, 1.82) is 0 Å². The van der Waals surface area contributed by atoms with Crippen LogP contribution in [0, 0.1) is 5.92 Å². The summed E-state index contributed by atoms with van der Waals surface area (Å²) in [4.78, 5) is 32.6. The van der Waals surface area contributed by atoms with Crippen LogP contribution in [0.2, 0.25) is 5.02 Å². The lowest BCUT2D eigenvalue weighted by atomic mass is 9.95. The summed E-state index contributed by atoms with van der Waals surface area (Å²) in [6, 6.07) is 13.2. The van der Waals surface area contributed by atoms with Gasteiger partial charge in [0.2, 0.25) is 12.7 Å². The number of benzene rings is 2. The summed E-state index contributed by atoms with van der Waals surface area (Å²) < 4.78 is 16.2. The molecule has 3 aliphatic heterocycles. The van der Waals surface area contributed by atoms with Crippen molar-refractivity contribution >= 4 is 34.8 Å². The first-order valence-electron chi connectivity index (χ1n) is 14.1. The van der Waals surface area contributed by atoms with Crippen molar-refractivity contribution < 1.29 is 23.8 Å². The van der Waals surface area contributed by atoms with Crippen molar-refractivity contribution in [2.24, 2.45) is 5.92 Å². The predicted molar refractivity (Wildman–Crippen MR) is 160 cm³/mol. The molecule has 3 aromatic rings. The highest BCUT2D eigenvalue weighted by Crippen LogP contribution is 2.37. The summed E-state index contributed by atoms with van der Waals surface area (Å²) in [5.41, 5.74) is 4.27. The largest absolute Gasteiger partial charge is 0.495 e. The van der Waals surface area contributed by atoms with Crippen LogP contribution in [0.4, 0.5) is 5.82 Å². The normalized spacial score (nSPS) is 18.7. The lowest BCUT2D eigenvalue weighted by Crippen LogP contribution is -2.44. The van der Waals surface area contributed by atoms with Crippen molar-refractivity contribution in [1.82, 2.24) is 15.2 Å². The number of pyridine rings is 1. The van der Waals surface area contributed by atoms with E-state index in [9.17, 15) is 9.59 Å². The predicted octanol–water partition coefficient (Wildman–Crippen LogP) is 5.43. The molecule has 2 bridgehead atoms. The van der Waals surface area contributed by atoms with E-state index in [-0.39, 0.29) is 31.2 Å². The van der Waals surface area contributed by atoms with Crippen LogP contribution in [0.5, 0.6) is 17.2 Å². The first-order valence-corrected chi connectivity index (χ1v) is 14.5. The van der Waals surface area contributed by atoms with E-state index in [0.29, 0.717) is 46.1 Å². The Morgan fingerprint density at radius 3 is 2.69 bits per heavy atom. The van der Waals surface area contributed by atoms with E-state index in [1.165, 1.54) is 0 Å². The molecule has 1 aliphatic carbocycles. The Kier molecular flexibility index (Phi) is 7.93. The maximum absolute atomic E-state index is 13.6.